The molecule has 0 aliphatic rings. The molecule has 0 aliphatic heterocycles. The van der Waals surface area contributed by atoms with Gasteiger partial charge in [-0.3, -0.25) is 0 Å². The Morgan fingerprint density at radius 1 is 1.23 bits per heavy atom. The van der Waals surface area contributed by atoms with Gasteiger partial charge in [-0.1, -0.05) is 0 Å². The second-order valence-electron chi connectivity index (χ2n) is 5.28. The van der Waals surface area contributed by atoms with Gasteiger partial charge < -0.3 is 10.6 Å². The normalized spacial score (nSPS) is 11.3. The molecule has 6 nitrogen and oxygen atoms in total. The Bertz CT molecular complexity index is 859. The van der Waals surface area contributed by atoms with E-state index in [1.54, 1.807) is 23.1 Å². The van der Waals surface area contributed by atoms with Crippen molar-refractivity contribution >= 4 is 23.1 Å². The van der Waals surface area contributed by atoms with Gasteiger partial charge in [0.05, 0.1) is 11.3 Å². The number of nitrogens with one attached hydrogen (secondary N) is 2. The van der Waals surface area contributed by atoms with Crippen molar-refractivity contribution in [1.29, 1.82) is 0 Å². The highest BCUT2D eigenvalue weighted by molar-refractivity contribution is 7.12. The number of aromatic nitrogens is 3. The second kappa shape index (κ2) is 7.56. The minimum atomic E-state index is -4.40. The molecule has 0 radical (unpaired) electrons. The number of hydrogen-bond acceptors (Lipinski definition) is 4. The van der Waals surface area contributed by atoms with Crippen LogP contribution in [0.1, 0.15) is 11.3 Å². The Kier molecular flexibility index (Phi) is 5.21. The third-order valence-electron chi connectivity index (χ3n) is 3.38. The highest BCUT2D eigenvalue weighted by Gasteiger charge is 2.29. The number of halogens is 3. The number of carbonyl (C=O) groups is 1. The van der Waals surface area contributed by atoms with Crippen molar-refractivity contribution in [2.75, 3.05) is 11.9 Å². The number of carbonyl (C=O) groups excluding carboxylic acids is 1. The molecule has 0 unspecified atom stereocenters. The molecule has 0 atom stereocenters. The summed E-state index contributed by atoms with van der Waals surface area (Å²) in [6.45, 7) is 0.342. The number of thiazole rings is 1. The van der Waals surface area contributed by atoms with Gasteiger partial charge in [-0.05, 0) is 30.3 Å². The number of amides is 2. The molecule has 0 bridgehead atoms. The molecule has 0 saturated heterocycles. The predicted octanol–water partition coefficient (Wildman–Crippen LogP) is 3.71. The summed E-state index contributed by atoms with van der Waals surface area (Å²) in [5.41, 5.74) is 0.334. The number of anilines is 1. The molecule has 136 valence electrons. The summed E-state index contributed by atoms with van der Waals surface area (Å²) in [5, 5.41) is 11.8. The number of urea groups is 1. The van der Waals surface area contributed by atoms with Gasteiger partial charge in [0, 0.05) is 36.4 Å². The van der Waals surface area contributed by atoms with E-state index in [4.69, 9.17) is 0 Å². The minimum absolute atomic E-state index is 0.283. The molecule has 3 rings (SSSR count). The quantitative estimate of drug-likeness (QED) is 0.708. The maximum absolute atomic E-state index is 12.5. The van der Waals surface area contributed by atoms with Gasteiger partial charge >= 0.3 is 12.2 Å². The summed E-state index contributed by atoms with van der Waals surface area (Å²) in [4.78, 5) is 16.2. The van der Waals surface area contributed by atoms with E-state index in [1.807, 2.05) is 5.38 Å². The van der Waals surface area contributed by atoms with Crippen molar-refractivity contribution in [2.24, 2.45) is 0 Å². The van der Waals surface area contributed by atoms with E-state index in [0.717, 1.165) is 23.0 Å². The van der Waals surface area contributed by atoms with Crippen LogP contribution in [0.5, 0.6) is 0 Å². The van der Waals surface area contributed by atoms with E-state index in [-0.39, 0.29) is 5.69 Å². The SMILES string of the molecule is O=C(NCCc1csc(-n2cccn2)n1)Nc1ccc(C(F)(F)F)cc1. The number of hydrogen-bond donors (Lipinski definition) is 2. The Morgan fingerprint density at radius 2 is 2.00 bits per heavy atom. The average Bonchev–Trinajstić information content (AvgIpc) is 3.26. The number of nitrogens with zero attached hydrogens (tertiary/aromatic N) is 3. The molecule has 0 saturated carbocycles. The summed E-state index contributed by atoms with van der Waals surface area (Å²) in [5.74, 6) is 0. The van der Waals surface area contributed by atoms with Crippen molar-refractivity contribution in [3.05, 3.63) is 59.4 Å². The van der Waals surface area contributed by atoms with Gasteiger partial charge in [0.25, 0.3) is 0 Å². The second-order valence-corrected chi connectivity index (χ2v) is 6.11. The molecule has 2 N–H and O–H groups in total. The first-order valence-electron chi connectivity index (χ1n) is 7.58. The fraction of sp³-hybridized carbons (Fsp3) is 0.188. The van der Waals surface area contributed by atoms with Crippen LogP contribution in [0.3, 0.4) is 0 Å². The molecule has 2 aromatic heterocycles. The molecule has 0 fully saturated rings. The summed E-state index contributed by atoms with van der Waals surface area (Å²) < 4.78 is 39.1. The molecule has 2 amide bonds. The van der Waals surface area contributed by atoms with Crippen LogP contribution in [0.25, 0.3) is 5.13 Å². The predicted molar refractivity (Wildman–Crippen MR) is 91.4 cm³/mol. The van der Waals surface area contributed by atoms with Crippen LogP contribution in [-0.4, -0.2) is 27.3 Å². The fourth-order valence-electron chi connectivity index (χ4n) is 2.12. The molecule has 0 spiro atoms. The van der Waals surface area contributed by atoms with E-state index in [9.17, 15) is 18.0 Å². The van der Waals surface area contributed by atoms with Crippen molar-refractivity contribution in [1.82, 2.24) is 20.1 Å². The number of rotatable bonds is 5. The molecular formula is C16H14F3N5OS. The highest BCUT2D eigenvalue weighted by Crippen LogP contribution is 2.29. The van der Waals surface area contributed by atoms with Gasteiger partial charge in [0.1, 0.15) is 0 Å². The van der Waals surface area contributed by atoms with Crippen LogP contribution in [0.2, 0.25) is 0 Å². The van der Waals surface area contributed by atoms with Crippen LogP contribution in [0, 0.1) is 0 Å². The van der Waals surface area contributed by atoms with E-state index in [0.29, 0.717) is 13.0 Å². The Morgan fingerprint density at radius 3 is 2.65 bits per heavy atom. The van der Waals surface area contributed by atoms with Crippen LogP contribution in [0.15, 0.2) is 48.1 Å². The molecule has 3 aromatic rings. The lowest BCUT2D eigenvalue weighted by Crippen LogP contribution is -2.30. The Balaban J connectivity index is 1.46. The third-order valence-corrected chi connectivity index (χ3v) is 4.26. The zero-order valence-corrected chi connectivity index (χ0v) is 14.1. The maximum Gasteiger partial charge on any atom is 0.416 e. The molecule has 10 heteroatoms. The first-order valence-corrected chi connectivity index (χ1v) is 8.46. The molecule has 1 aromatic carbocycles. The Hall–Kier alpha value is -2.88. The summed E-state index contributed by atoms with van der Waals surface area (Å²) in [6, 6.07) is 5.56. The first-order chi connectivity index (χ1) is 12.4. The van der Waals surface area contributed by atoms with Gasteiger partial charge in [0.15, 0.2) is 0 Å². The fourth-order valence-corrected chi connectivity index (χ4v) is 2.92. The topological polar surface area (TPSA) is 71.8 Å². The van der Waals surface area contributed by atoms with Gasteiger partial charge in [-0.15, -0.1) is 11.3 Å². The lowest BCUT2D eigenvalue weighted by Gasteiger charge is -2.09. The largest absolute Gasteiger partial charge is 0.416 e. The van der Waals surface area contributed by atoms with Gasteiger partial charge in [0.2, 0.25) is 5.13 Å². The van der Waals surface area contributed by atoms with Crippen molar-refractivity contribution < 1.29 is 18.0 Å². The zero-order valence-electron chi connectivity index (χ0n) is 13.3. The van der Waals surface area contributed by atoms with Gasteiger partial charge in [-0.25, -0.2) is 14.5 Å². The zero-order chi connectivity index (χ0) is 18.6. The molecule has 26 heavy (non-hydrogen) atoms. The van der Waals surface area contributed by atoms with Crippen molar-refractivity contribution in [2.45, 2.75) is 12.6 Å². The van der Waals surface area contributed by atoms with E-state index in [2.05, 4.69) is 20.7 Å². The smallest absolute Gasteiger partial charge is 0.337 e. The summed E-state index contributed by atoms with van der Waals surface area (Å²) in [7, 11) is 0. The van der Waals surface area contributed by atoms with Crippen molar-refractivity contribution in [3.8, 4) is 5.13 Å². The molecular weight excluding hydrogens is 367 g/mol. The third kappa shape index (κ3) is 4.60. The van der Waals surface area contributed by atoms with Crippen LogP contribution in [0.4, 0.5) is 23.7 Å². The lowest BCUT2D eigenvalue weighted by atomic mass is 10.2. The average molecular weight is 381 g/mol. The lowest BCUT2D eigenvalue weighted by molar-refractivity contribution is -0.137. The standard InChI is InChI=1S/C16H14F3N5OS/c17-16(18,19)11-2-4-12(5-3-11)22-14(25)20-8-6-13-10-26-15(23-13)24-9-1-7-21-24/h1-5,7,9-10H,6,8H2,(H2,20,22,25). The van der Waals surface area contributed by atoms with Gasteiger partial charge in [-0.2, -0.15) is 18.3 Å². The van der Waals surface area contributed by atoms with Crippen LogP contribution < -0.4 is 10.6 Å². The Labute approximate surface area is 150 Å². The maximum atomic E-state index is 12.5. The van der Waals surface area contributed by atoms with Crippen molar-refractivity contribution in [3.63, 3.8) is 0 Å². The minimum Gasteiger partial charge on any atom is -0.337 e. The monoisotopic (exact) mass is 381 g/mol. The number of benzene rings is 1. The van der Waals surface area contributed by atoms with E-state index >= 15 is 0 Å². The summed E-state index contributed by atoms with van der Waals surface area (Å²) in [6.07, 6.45) is -0.422. The first kappa shape index (κ1) is 17.9. The highest BCUT2D eigenvalue weighted by atomic mass is 32.1. The number of alkyl halides is 3. The molecule has 0 aliphatic carbocycles. The summed E-state index contributed by atoms with van der Waals surface area (Å²) >= 11 is 1.44. The van der Waals surface area contributed by atoms with E-state index in [1.165, 1.54) is 23.5 Å². The van der Waals surface area contributed by atoms with E-state index < -0.39 is 17.8 Å². The molecule has 2 heterocycles. The van der Waals surface area contributed by atoms with Crippen LogP contribution in [-0.2, 0) is 12.6 Å². The van der Waals surface area contributed by atoms with Crippen LogP contribution >= 0.6 is 11.3 Å².